The van der Waals surface area contributed by atoms with Crippen molar-refractivity contribution in [2.45, 2.75) is 26.9 Å². The second-order valence-corrected chi connectivity index (χ2v) is 8.26. The molecule has 31 heavy (non-hydrogen) atoms. The van der Waals surface area contributed by atoms with E-state index in [2.05, 4.69) is 13.8 Å². The van der Waals surface area contributed by atoms with Crippen molar-refractivity contribution in [1.82, 2.24) is 9.13 Å². The van der Waals surface area contributed by atoms with E-state index in [0.29, 0.717) is 30.6 Å². The average molecular weight is 430 g/mol. The van der Waals surface area contributed by atoms with E-state index in [1.54, 1.807) is 6.07 Å². The molecule has 2 unspecified atom stereocenters. The Labute approximate surface area is 178 Å². The Morgan fingerprint density at radius 1 is 1.13 bits per heavy atom. The first-order valence-electron chi connectivity index (χ1n) is 10.0. The number of nitro groups is 1. The summed E-state index contributed by atoms with van der Waals surface area (Å²) in [5, 5.41) is 11.7. The van der Waals surface area contributed by atoms with Crippen molar-refractivity contribution in [2.75, 3.05) is 18.0 Å². The average Bonchev–Trinajstić information content (AvgIpc) is 2.72. The van der Waals surface area contributed by atoms with Crippen LogP contribution in [0.25, 0.3) is 0 Å². The number of piperidine rings is 1. The maximum atomic E-state index is 12.5. The van der Waals surface area contributed by atoms with Crippen LogP contribution in [0.15, 0.2) is 33.9 Å². The fourth-order valence-electron chi connectivity index (χ4n) is 4.06. The molecule has 1 aliphatic rings. The van der Waals surface area contributed by atoms with Gasteiger partial charge in [0.25, 0.3) is 11.2 Å². The van der Waals surface area contributed by atoms with Gasteiger partial charge in [0.2, 0.25) is 0 Å². The zero-order valence-electron chi connectivity index (χ0n) is 18.0. The third-order valence-electron chi connectivity index (χ3n) is 5.59. The molecule has 0 N–H and O–H groups in total. The van der Waals surface area contributed by atoms with E-state index in [4.69, 9.17) is 4.74 Å². The van der Waals surface area contributed by atoms with E-state index >= 15 is 0 Å². The van der Waals surface area contributed by atoms with E-state index in [0.717, 1.165) is 11.0 Å². The summed E-state index contributed by atoms with van der Waals surface area (Å²) in [6, 6.07) is 5.49. The molecule has 0 bridgehead atoms. The van der Waals surface area contributed by atoms with Crippen LogP contribution in [0.3, 0.4) is 0 Å². The number of nitro benzene ring substituents is 1. The van der Waals surface area contributed by atoms with Crippen LogP contribution in [0.4, 0.5) is 11.4 Å². The zero-order chi connectivity index (χ0) is 22.9. The minimum absolute atomic E-state index is 0.0300. The highest BCUT2D eigenvalue weighted by atomic mass is 16.6. The molecular weight excluding hydrogens is 404 g/mol. The summed E-state index contributed by atoms with van der Waals surface area (Å²) < 4.78 is 7.36. The lowest BCUT2D eigenvalue weighted by Gasteiger charge is -2.36. The lowest BCUT2D eigenvalue weighted by atomic mass is 9.91. The summed E-state index contributed by atoms with van der Waals surface area (Å²) in [4.78, 5) is 49.5. The highest BCUT2D eigenvalue weighted by Gasteiger charge is 2.28. The van der Waals surface area contributed by atoms with Crippen LogP contribution >= 0.6 is 0 Å². The minimum atomic E-state index is -0.775. The van der Waals surface area contributed by atoms with Crippen LogP contribution in [-0.2, 0) is 25.4 Å². The molecular formula is C21H26N4O6. The molecule has 2 atom stereocenters. The van der Waals surface area contributed by atoms with Gasteiger partial charge in [0.05, 0.1) is 16.2 Å². The molecule has 2 aromatic rings. The number of nitrogens with zero attached hydrogens (tertiary/aromatic N) is 4. The topological polar surface area (TPSA) is 117 Å². The SMILES string of the molecule is CC1CC(C)CN(c2ccc(C(=O)OCc3cc(=O)n(C)c(=O)n3C)cc2[N+](=O)[O-])C1. The molecule has 3 rings (SSSR count). The van der Waals surface area contributed by atoms with Gasteiger partial charge in [-0.2, -0.15) is 0 Å². The molecule has 1 fully saturated rings. The monoisotopic (exact) mass is 430 g/mol. The van der Waals surface area contributed by atoms with Gasteiger partial charge in [-0.3, -0.25) is 24.0 Å². The van der Waals surface area contributed by atoms with Crippen LogP contribution in [0.2, 0.25) is 0 Å². The summed E-state index contributed by atoms with van der Waals surface area (Å²) in [6.45, 7) is 5.35. The second-order valence-electron chi connectivity index (χ2n) is 8.26. The van der Waals surface area contributed by atoms with E-state index in [-0.39, 0.29) is 23.6 Å². The number of benzene rings is 1. The quantitative estimate of drug-likeness (QED) is 0.403. The fraction of sp³-hybridized carbons (Fsp3) is 0.476. The third kappa shape index (κ3) is 4.68. The number of rotatable bonds is 5. The van der Waals surface area contributed by atoms with Crippen molar-refractivity contribution < 1.29 is 14.5 Å². The van der Waals surface area contributed by atoms with Crippen LogP contribution in [0.1, 0.15) is 36.3 Å². The molecule has 1 aromatic heterocycles. The highest BCUT2D eigenvalue weighted by molar-refractivity contribution is 5.91. The Balaban J connectivity index is 1.83. The van der Waals surface area contributed by atoms with Gasteiger partial charge in [-0.1, -0.05) is 13.8 Å². The van der Waals surface area contributed by atoms with E-state index in [9.17, 15) is 24.5 Å². The van der Waals surface area contributed by atoms with Crippen molar-refractivity contribution in [3.8, 4) is 0 Å². The fourth-order valence-corrected chi connectivity index (χ4v) is 4.06. The Morgan fingerprint density at radius 3 is 2.39 bits per heavy atom. The van der Waals surface area contributed by atoms with Crippen LogP contribution in [-0.4, -0.2) is 33.1 Å². The van der Waals surface area contributed by atoms with Crippen LogP contribution in [0, 0.1) is 22.0 Å². The second kappa shape index (κ2) is 8.75. The van der Waals surface area contributed by atoms with E-state index in [1.807, 2.05) is 4.90 Å². The van der Waals surface area contributed by atoms with E-state index < -0.39 is 22.1 Å². The molecule has 10 nitrogen and oxygen atoms in total. The van der Waals surface area contributed by atoms with Gasteiger partial charge in [0, 0.05) is 39.3 Å². The van der Waals surface area contributed by atoms with Crippen molar-refractivity contribution in [3.63, 3.8) is 0 Å². The van der Waals surface area contributed by atoms with Crippen LogP contribution < -0.4 is 16.1 Å². The molecule has 0 spiro atoms. The zero-order valence-corrected chi connectivity index (χ0v) is 18.0. The first-order chi connectivity index (χ1) is 14.6. The maximum absolute atomic E-state index is 12.5. The van der Waals surface area contributed by atoms with Crippen LogP contribution in [0.5, 0.6) is 0 Å². The number of aromatic nitrogens is 2. The number of hydrogen-bond acceptors (Lipinski definition) is 7. The largest absolute Gasteiger partial charge is 0.456 e. The van der Waals surface area contributed by atoms with E-state index in [1.165, 1.54) is 36.9 Å². The first-order valence-corrected chi connectivity index (χ1v) is 10.0. The Morgan fingerprint density at radius 2 is 1.77 bits per heavy atom. The molecule has 0 radical (unpaired) electrons. The highest BCUT2D eigenvalue weighted by Crippen LogP contribution is 2.34. The van der Waals surface area contributed by atoms with Gasteiger partial charge in [-0.05, 0) is 30.4 Å². The summed E-state index contributed by atoms with van der Waals surface area (Å²) in [5.74, 6) is 0.0552. The minimum Gasteiger partial charge on any atom is -0.456 e. The summed E-state index contributed by atoms with van der Waals surface area (Å²) in [5.41, 5.74) is -0.473. The van der Waals surface area contributed by atoms with Crippen molar-refractivity contribution >= 4 is 17.3 Å². The molecule has 1 saturated heterocycles. The number of ether oxygens (including phenoxy) is 1. The number of hydrogen-bond donors (Lipinski definition) is 0. The molecule has 166 valence electrons. The van der Waals surface area contributed by atoms with Gasteiger partial charge in [-0.25, -0.2) is 9.59 Å². The van der Waals surface area contributed by atoms with Gasteiger partial charge in [-0.15, -0.1) is 0 Å². The van der Waals surface area contributed by atoms with Gasteiger partial charge >= 0.3 is 11.7 Å². The smallest absolute Gasteiger partial charge is 0.338 e. The van der Waals surface area contributed by atoms with Crippen molar-refractivity contribution in [3.05, 3.63) is 66.5 Å². The summed E-state index contributed by atoms with van der Waals surface area (Å²) in [7, 11) is 2.82. The summed E-state index contributed by atoms with van der Waals surface area (Å²) >= 11 is 0. The van der Waals surface area contributed by atoms with Gasteiger partial charge in [0.1, 0.15) is 12.3 Å². The molecule has 0 aliphatic carbocycles. The predicted octanol–water partition coefficient (Wildman–Crippen LogP) is 1.83. The van der Waals surface area contributed by atoms with Crippen molar-refractivity contribution in [1.29, 1.82) is 0 Å². The van der Waals surface area contributed by atoms with Crippen molar-refractivity contribution in [2.24, 2.45) is 25.9 Å². The number of anilines is 1. The predicted molar refractivity (Wildman–Crippen MR) is 114 cm³/mol. The first kappa shape index (κ1) is 22.3. The molecule has 1 aliphatic heterocycles. The molecule has 10 heteroatoms. The maximum Gasteiger partial charge on any atom is 0.338 e. The standard InChI is InChI=1S/C21H26N4O6/c1-13-7-14(2)11-24(10-13)17-6-5-15(8-18(17)25(29)30)20(27)31-12-16-9-19(26)23(4)21(28)22(16)3/h5-6,8-9,13-14H,7,10-12H2,1-4H3. The molecule has 1 aromatic carbocycles. The Hall–Kier alpha value is -3.43. The lowest BCUT2D eigenvalue weighted by Crippen LogP contribution is -2.39. The number of carbonyl (C=O) groups excluding carboxylic acids is 1. The normalized spacial score (nSPS) is 18.6. The van der Waals surface area contributed by atoms with Gasteiger partial charge < -0.3 is 9.64 Å². The molecule has 2 heterocycles. The van der Waals surface area contributed by atoms with Gasteiger partial charge in [0.15, 0.2) is 0 Å². The molecule has 0 saturated carbocycles. The Bertz CT molecular complexity index is 1130. The molecule has 0 amide bonds. The summed E-state index contributed by atoms with van der Waals surface area (Å²) in [6.07, 6.45) is 1.07. The Kier molecular flexibility index (Phi) is 6.28. The lowest BCUT2D eigenvalue weighted by molar-refractivity contribution is -0.384. The third-order valence-corrected chi connectivity index (χ3v) is 5.59. The number of carbonyl (C=O) groups is 1. The number of esters is 1.